The summed E-state index contributed by atoms with van der Waals surface area (Å²) < 4.78 is 4.99. The van der Waals surface area contributed by atoms with Gasteiger partial charge in [-0.1, -0.05) is 12.1 Å². The van der Waals surface area contributed by atoms with Gasteiger partial charge in [-0.15, -0.1) is 0 Å². The number of carbonyl (C=O) groups excluding carboxylic acids is 1. The Bertz CT molecular complexity index is 479. The van der Waals surface area contributed by atoms with Gasteiger partial charge >= 0.3 is 0 Å². The maximum absolute atomic E-state index is 11.8. The first-order valence-corrected chi connectivity index (χ1v) is 5.04. The molecule has 1 amide bonds. The van der Waals surface area contributed by atoms with Crippen LogP contribution in [0.1, 0.15) is 15.9 Å². The first-order valence-electron chi connectivity index (χ1n) is 5.04. The third-order valence-corrected chi connectivity index (χ3v) is 2.17. The molecule has 1 heterocycles. The first kappa shape index (κ1) is 11.3. The third kappa shape index (κ3) is 2.88. The summed E-state index contributed by atoms with van der Waals surface area (Å²) in [4.78, 5) is 15.6. The normalized spacial score (nSPS) is 10.2. The van der Waals surface area contributed by atoms with Gasteiger partial charge in [0.05, 0.1) is 6.61 Å². The molecule has 2 N–H and O–H groups in total. The van der Waals surface area contributed by atoms with Crippen molar-refractivity contribution in [2.75, 3.05) is 12.4 Å². The molecule has 0 fully saturated rings. The lowest BCUT2D eigenvalue weighted by atomic mass is 10.1. The summed E-state index contributed by atoms with van der Waals surface area (Å²) in [5.41, 5.74) is 1.57. The average molecular weight is 232 g/mol. The van der Waals surface area contributed by atoms with Crippen LogP contribution in [-0.4, -0.2) is 28.2 Å². The van der Waals surface area contributed by atoms with E-state index in [4.69, 9.17) is 4.74 Å². The van der Waals surface area contributed by atoms with Crippen molar-refractivity contribution in [3.63, 3.8) is 0 Å². The Labute approximate surface area is 98.0 Å². The molecule has 1 aromatic heterocycles. The van der Waals surface area contributed by atoms with E-state index < -0.39 is 0 Å². The molecular formula is C11H12N4O2. The van der Waals surface area contributed by atoms with Crippen molar-refractivity contribution in [1.29, 1.82) is 0 Å². The van der Waals surface area contributed by atoms with Gasteiger partial charge in [0.2, 0.25) is 5.95 Å². The molecule has 0 spiro atoms. The first-order chi connectivity index (χ1) is 8.29. The van der Waals surface area contributed by atoms with E-state index in [0.29, 0.717) is 18.1 Å². The van der Waals surface area contributed by atoms with Crippen LogP contribution >= 0.6 is 0 Å². The van der Waals surface area contributed by atoms with E-state index >= 15 is 0 Å². The standard InChI is InChI=1S/C11H12N4O2/c1-17-6-8-2-4-9(5-3-8)10(16)14-11-12-7-13-15-11/h2-5,7H,6H2,1H3,(H2,12,13,14,15,16). The second-order valence-electron chi connectivity index (χ2n) is 3.42. The van der Waals surface area contributed by atoms with Gasteiger partial charge in [-0.3, -0.25) is 10.1 Å². The lowest BCUT2D eigenvalue weighted by molar-refractivity contribution is 0.102. The van der Waals surface area contributed by atoms with E-state index in [1.807, 2.05) is 12.1 Å². The lowest BCUT2D eigenvalue weighted by Crippen LogP contribution is -2.12. The van der Waals surface area contributed by atoms with Crippen LogP contribution in [0.25, 0.3) is 0 Å². The molecule has 0 atom stereocenters. The van der Waals surface area contributed by atoms with Crippen molar-refractivity contribution in [2.45, 2.75) is 6.61 Å². The Morgan fingerprint density at radius 1 is 1.41 bits per heavy atom. The summed E-state index contributed by atoms with van der Waals surface area (Å²) in [5, 5.41) is 8.79. The van der Waals surface area contributed by atoms with Crippen LogP contribution in [0.15, 0.2) is 30.6 Å². The number of carbonyl (C=O) groups is 1. The second-order valence-corrected chi connectivity index (χ2v) is 3.42. The summed E-state index contributed by atoms with van der Waals surface area (Å²) in [6, 6.07) is 7.16. The van der Waals surface area contributed by atoms with Gasteiger partial charge in [0.15, 0.2) is 0 Å². The van der Waals surface area contributed by atoms with Gasteiger partial charge in [-0.05, 0) is 17.7 Å². The summed E-state index contributed by atoms with van der Waals surface area (Å²) in [5.74, 6) is 0.0988. The number of hydrogen-bond acceptors (Lipinski definition) is 4. The van der Waals surface area contributed by atoms with Crippen molar-refractivity contribution in [3.05, 3.63) is 41.7 Å². The van der Waals surface area contributed by atoms with Crippen LogP contribution in [0.3, 0.4) is 0 Å². The van der Waals surface area contributed by atoms with Gasteiger partial charge in [-0.25, -0.2) is 5.10 Å². The summed E-state index contributed by atoms with van der Waals surface area (Å²) in [6.07, 6.45) is 1.33. The SMILES string of the molecule is COCc1ccc(C(=O)Nc2ncn[nH]2)cc1. The molecule has 0 radical (unpaired) electrons. The maximum atomic E-state index is 11.8. The Balaban J connectivity index is 2.04. The number of ether oxygens (including phenoxy) is 1. The van der Waals surface area contributed by atoms with Crippen LogP contribution in [0.5, 0.6) is 0 Å². The number of aromatic amines is 1. The van der Waals surface area contributed by atoms with Crippen LogP contribution in [0, 0.1) is 0 Å². The number of nitrogens with zero attached hydrogens (tertiary/aromatic N) is 2. The number of amides is 1. The minimum absolute atomic E-state index is 0.231. The van der Waals surface area contributed by atoms with Crippen molar-refractivity contribution < 1.29 is 9.53 Å². The van der Waals surface area contributed by atoms with E-state index in [9.17, 15) is 4.79 Å². The molecule has 0 saturated heterocycles. The highest BCUT2D eigenvalue weighted by Gasteiger charge is 2.07. The molecule has 0 aliphatic rings. The molecule has 0 bridgehead atoms. The molecule has 88 valence electrons. The van der Waals surface area contributed by atoms with Gasteiger partial charge < -0.3 is 4.74 Å². The fraction of sp³-hybridized carbons (Fsp3) is 0.182. The fourth-order valence-electron chi connectivity index (χ4n) is 1.36. The molecule has 6 nitrogen and oxygen atoms in total. The van der Waals surface area contributed by atoms with Crippen LogP contribution in [-0.2, 0) is 11.3 Å². The van der Waals surface area contributed by atoms with Crippen molar-refractivity contribution in [3.8, 4) is 0 Å². The molecule has 0 aliphatic heterocycles. The molecule has 1 aromatic carbocycles. The largest absolute Gasteiger partial charge is 0.380 e. The van der Waals surface area contributed by atoms with E-state index in [2.05, 4.69) is 20.5 Å². The minimum Gasteiger partial charge on any atom is -0.380 e. The second kappa shape index (κ2) is 5.22. The number of hydrogen-bond donors (Lipinski definition) is 2. The summed E-state index contributed by atoms with van der Waals surface area (Å²) in [6.45, 7) is 0.532. The van der Waals surface area contributed by atoms with Gasteiger partial charge in [0.1, 0.15) is 6.33 Å². The highest BCUT2D eigenvalue weighted by atomic mass is 16.5. The highest BCUT2D eigenvalue weighted by Crippen LogP contribution is 2.07. The molecule has 2 aromatic rings. The zero-order valence-corrected chi connectivity index (χ0v) is 9.30. The van der Waals surface area contributed by atoms with Crippen molar-refractivity contribution >= 4 is 11.9 Å². The van der Waals surface area contributed by atoms with E-state index in [0.717, 1.165) is 5.56 Å². The Morgan fingerprint density at radius 3 is 2.76 bits per heavy atom. The minimum atomic E-state index is -0.231. The average Bonchev–Trinajstić information content (AvgIpc) is 2.83. The van der Waals surface area contributed by atoms with Gasteiger partial charge in [0.25, 0.3) is 5.91 Å². The predicted molar refractivity (Wildman–Crippen MR) is 61.5 cm³/mol. The van der Waals surface area contributed by atoms with E-state index in [1.165, 1.54) is 6.33 Å². The highest BCUT2D eigenvalue weighted by molar-refractivity contribution is 6.03. The Morgan fingerprint density at radius 2 is 2.18 bits per heavy atom. The maximum Gasteiger partial charge on any atom is 0.258 e. The molecular weight excluding hydrogens is 220 g/mol. The summed E-state index contributed by atoms with van der Waals surface area (Å²) >= 11 is 0. The predicted octanol–water partition coefficient (Wildman–Crippen LogP) is 1.20. The number of nitrogens with one attached hydrogen (secondary N) is 2. The monoisotopic (exact) mass is 232 g/mol. The number of rotatable bonds is 4. The van der Waals surface area contributed by atoms with Crippen LogP contribution in [0.2, 0.25) is 0 Å². The van der Waals surface area contributed by atoms with Gasteiger partial charge in [-0.2, -0.15) is 10.1 Å². The zero-order valence-electron chi connectivity index (χ0n) is 9.30. The Hall–Kier alpha value is -2.21. The van der Waals surface area contributed by atoms with E-state index in [1.54, 1.807) is 19.2 Å². The van der Waals surface area contributed by atoms with Crippen molar-refractivity contribution in [2.24, 2.45) is 0 Å². The van der Waals surface area contributed by atoms with Crippen LogP contribution < -0.4 is 5.32 Å². The fourth-order valence-corrected chi connectivity index (χ4v) is 1.36. The van der Waals surface area contributed by atoms with Gasteiger partial charge in [0, 0.05) is 12.7 Å². The quantitative estimate of drug-likeness (QED) is 0.830. The van der Waals surface area contributed by atoms with Crippen molar-refractivity contribution in [1.82, 2.24) is 15.2 Å². The number of methoxy groups -OCH3 is 1. The molecule has 0 aliphatic carbocycles. The lowest BCUT2D eigenvalue weighted by Gasteiger charge is -2.03. The third-order valence-electron chi connectivity index (χ3n) is 2.17. The molecule has 0 saturated carbocycles. The zero-order chi connectivity index (χ0) is 12.1. The number of H-pyrrole nitrogens is 1. The number of benzene rings is 1. The summed E-state index contributed by atoms with van der Waals surface area (Å²) in [7, 11) is 1.63. The number of anilines is 1. The van der Waals surface area contributed by atoms with E-state index in [-0.39, 0.29) is 5.91 Å². The molecule has 2 rings (SSSR count). The van der Waals surface area contributed by atoms with Crippen LogP contribution in [0.4, 0.5) is 5.95 Å². The Kier molecular flexibility index (Phi) is 3.46. The topological polar surface area (TPSA) is 79.9 Å². The molecule has 6 heteroatoms. The molecule has 17 heavy (non-hydrogen) atoms. The molecule has 0 unspecified atom stereocenters. The smallest absolute Gasteiger partial charge is 0.258 e. The number of aromatic nitrogens is 3.